The molecular formula is C17H28N4O5. The van der Waals surface area contributed by atoms with E-state index in [2.05, 4.69) is 15.1 Å². The Morgan fingerprint density at radius 3 is 2.46 bits per heavy atom. The molecule has 0 aromatic heterocycles. The highest BCUT2D eigenvalue weighted by atomic mass is 16.6. The van der Waals surface area contributed by atoms with Crippen LogP contribution < -0.4 is 21.7 Å². The molecule has 6 N–H and O–H groups in total. The van der Waals surface area contributed by atoms with Crippen molar-refractivity contribution < 1.29 is 24.2 Å². The summed E-state index contributed by atoms with van der Waals surface area (Å²) in [4.78, 5) is 20.3. The molecule has 1 aromatic carbocycles. The van der Waals surface area contributed by atoms with E-state index in [1.807, 2.05) is 0 Å². The summed E-state index contributed by atoms with van der Waals surface area (Å²) < 4.78 is 10.5. The molecule has 0 aliphatic rings. The molecule has 0 saturated carbocycles. The minimum Gasteiger partial charge on any atom is -0.491 e. The average Bonchev–Trinajstić information content (AvgIpc) is 2.57. The largest absolute Gasteiger partial charge is 0.491 e. The second kappa shape index (κ2) is 10.6. The number of amides is 1. The predicted molar refractivity (Wildman–Crippen MR) is 97.9 cm³/mol. The minimum absolute atomic E-state index is 0.104. The lowest BCUT2D eigenvalue weighted by Crippen LogP contribution is -2.38. The van der Waals surface area contributed by atoms with Crippen LogP contribution in [0.5, 0.6) is 5.75 Å². The lowest BCUT2D eigenvalue weighted by atomic mass is 10.2. The molecule has 1 aromatic rings. The number of alkyl carbamates (subject to hydrolysis) is 1. The van der Waals surface area contributed by atoms with Crippen LogP contribution in [0.2, 0.25) is 0 Å². The molecule has 0 aliphatic carbocycles. The molecular weight excluding hydrogens is 340 g/mol. The summed E-state index contributed by atoms with van der Waals surface area (Å²) >= 11 is 0. The van der Waals surface area contributed by atoms with Gasteiger partial charge in [-0.15, -0.1) is 0 Å². The lowest BCUT2D eigenvalue weighted by Gasteiger charge is -2.20. The van der Waals surface area contributed by atoms with Gasteiger partial charge in [-0.25, -0.2) is 10.7 Å². The van der Waals surface area contributed by atoms with E-state index in [1.165, 1.54) is 0 Å². The standard InChI is InChI=1S/C17H28N4O5/c1-17(2,3)26-16(23)20-10-13(11-22)21-15(18)12-4-6-14(7-5-12)24-8-9-25-19/h4-7,13,22H,8-11,19H2,1-3H3,(H2,18,21)(H,20,23). The van der Waals surface area contributed by atoms with Gasteiger partial charge in [-0.05, 0) is 45.0 Å². The molecule has 0 aliphatic heterocycles. The van der Waals surface area contributed by atoms with Crippen molar-refractivity contribution in [1.82, 2.24) is 5.32 Å². The number of amidine groups is 1. The smallest absolute Gasteiger partial charge is 0.407 e. The number of hydrogen-bond acceptors (Lipinski definition) is 7. The van der Waals surface area contributed by atoms with Crippen LogP contribution in [0.3, 0.4) is 0 Å². The molecule has 0 radical (unpaired) electrons. The van der Waals surface area contributed by atoms with Gasteiger partial charge in [-0.3, -0.25) is 4.99 Å². The van der Waals surface area contributed by atoms with Crippen LogP contribution in [0, 0.1) is 0 Å². The SMILES string of the molecule is CC(C)(C)OC(=O)NCC(CO)N=C(N)c1ccc(OCCON)cc1. The molecule has 0 saturated heterocycles. The third-order valence-electron chi connectivity index (χ3n) is 3.03. The summed E-state index contributed by atoms with van der Waals surface area (Å²) in [7, 11) is 0. The third kappa shape index (κ3) is 8.65. The van der Waals surface area contributed by atoms with Gasteiger partial charge in [0.1, 0.15) is 30.4 Å². The Bertz CT molecular complexity index is 584. The van der Waals surface area contributed by atoms with Crippen LogP contribution in [0.25, 0.3) is 0 Å². The zero-order chi connectivity index (χ0) is 19.6. The summed E-state index contributed by atoms with van der Waals surface area (Å²) in [6, 6.07) is 6.38. The van der Waals surface area contributed by atoms with E-state index < -0.39 is 17.7 Å². The number of nitrogens with one attached hydrogen (secondary N) is 1. The quantitative estimate of drug-likeness (QED) is 0.216. The molecule has 1 rings (SSSR count). The van der Waals surface area contributed by atoms with Crippen LogP contribution >= 0.6 is 0 Å². The monoisotopic (exact) mass is 368 g/mol. The average molecular weight is 368 g/mol. The Morgan fingerprint density at radius 1 is 1.27 bits per heavy atom. The predicted octanol–water partition coefficient (Wildman–Crippen LogP) is 0.547. The Labute approximate surface area is 153 Å². The summed E-state index contributed by atoms with van der Waals surface area (Å²) in [6.07, 6.45) is -0.576. The van der Waals surface area contributed by atoms with Gasteiger partial charge in [0.15, 0.2) is 0 Å². The summed E-state index contributed by atoms with van der Waals surface area (Å²) in [5.41, 5.74) is 6.04. The van der Waals surface area contributed by atoms with Crippen LogP contribution in [0.15, 0.2) is 29.3 Å². The molecule has 9 heteroatoms. The number of carbonyl (C=O) groups excluding carboxylic acids is 1. The fraction of sp³-hybridized carbons (Fsp3) is 0.529. The van der Waals surface area contributed by atoms with E-state index in [4.69, 9.17) is 21.1 Å². The van der Waals surface area contributed by atoms with Crippen LogP contribution in [-0.4, -0.2) is 55.0 Å². The van der Waals surface area contributed by atoms with E-state index in [9.17, 15) is 9.90 Å². The van der Waals surface area contributed by atoms with E-state index in [0.717, 1.165) is 0 Å². The first kappa shape index (κ1) is 21.7. The van der Waals surface area contributed by atoms with Crippen molar-refractivity contribution in [1.29, 1.82) is 0 Å². The Kier molecular flexibility index (Phi) is 8.83. The van der Waals surface area contributed by atoms with Gasteiger partial charge in [0.2, 0.25) is 0 Å². The van der Waals surface area contributed by atoms with Gasteiger partial charge in [0.05, 0.1) is 12.6 Å². The molecule has 0 spiro atoms. The number of nitrogens with two attached hydrogens (primary N) is 2. The van der Waals surface area contributed by atoms with E-state index >= 15 is 0 Å². The maximum absolute atomic E-state index is 11.7. The number of hydrogen-bond donors (Lipinski definition) is 4. The normalized spacial score (nSPS) is 13.2. The van der Waals surface area contributed by atoms with Gasteiger partial charge in [0, 0.05) is 12.1 Å². The number of ether oxygens (including phenoxy) is 2. The van der Waals surface area contributed by atoms with Crippen molar-refractivity contribution in [3.8, 4) is 5.75 Å². The highest BCUT2D eigenvalue weighted by molar-refractivity contribution is 5.97. The molecule has 0 heterocycles. The third-order valence-corrected chi connectivity index (χ3v) is 3.03. The number of carbonyl (C=O) groups is 1. The molecule has 1 atom stereocenters. The molecule has 9 nitrogen and oxygen atoms in total. The summed E-state index contributed by atoms with van der Waals surface area (Å²) in [5.74, 6) is 5.81. The van der Waals surface area contributed by atoms with Gasteiger partial charge in [0.25, 0.3) is 0 Å². The number of rotatable bonds is 9. The first-order chi connectivity index (χ1) is 12.2. The van der Waals surface area contributed by atoms with E-state index in [-0.39, 0.29) is 25.6 Å². The fourth-order valence-electron chi connectivity index (χ4n) is 1.87. The highest BCUT2D eigenvalue weighted by Crippen LogP contribution is 2.12. The fourth-order valence-corrected chi connectivity index (χ4v) is 1.87. The number of aliphatic imine (C=N–C) groups is 1. The maximum atomic E-state index is 11.7. The van der Waals surface area contributed by atoms with Crippen molar-refractivity contribution >= 4 is 11.9 Å². The van der Waals surface area contributed by atoms with Crippen LogP contribution in [-0.2, 0) is 9.57 Å². The maximum Gasteiger partial charge on any atom is 0.407 e. The number of benzene rings is 1. The van der Waals surface area contributed by atoms with Crippen molar-refractivity contribution in [2.24, 2.45) is 16.6 Å². The highest BCUT2D eigenvalue weighted by Gasteiger charge is 2.17. The van der Waals surface area contributed by atoms with E-state index in [1.54, 1.807) is 45.0 Å². The Hall–Kier alpha value is -2.36. The van der Waals surface area contributed by atoms with Gasteiger partial charge < -0.3 is 30.5 Å². The van der Waals surface area contributed by atoms with Crippen LogP contribution in [0.1, 0.15) is 26.3 Å². The van der Waals surface area contributed by atoms with Crippen molar-refractivity contribution in [3.05, 3.63) is 29.8 Å². The van der Waals surface area contributed by atoms with Gasteiger partial charge in [-0.1, -0.05) is 0 Å². The first-order valence-corrected chi connectivity index (χ1v) is 8.21. The van der Waals surface area contributed by atoms with Gasteiger partial charge >= 0.3 is 6.09 Å². The zero-order valence-electron chi connectivity index (χ0n) is 15.4. The topological polar surface area (TPSA) is 141 Å². The molecule has 146 valence electrons. The number of aliphatic hydroxyl groups excluding tert-OH is 1. The van der Waals surface area contributed by atoms with Crippen molar-refractivity contribution in [2.45, 2.75) is 32.4 Å². The molecule has 26 heavy (non-hydrogen) atoms. The minimum atomic E-state index is -0.596. The van der Waals surface area contributed by atoms with Crippen LogP contribution in [0.4, 0.5) is 4.79 Å². The Balaban J connectivity index is 2.60. The molecule has 0 bridgehead atoms. The second-order valence-electron chi connectivity index (χ2n) is 6.48. The first-order valence-electron chi connectivity index (χ1n) is 8.21. The number of nitrogens with zero attached hydrogens (tertiary/aromatic N) is 1. The van der Waals surface area contributed by atoms with Gasteiger partial charge in [-0.2, -0.15) is 0 Å². The second-order valence-corrected chi connectivity index (χ2v) is 6.48. The molecule has 1 amide bonds. The zero-order valence-corrected chi connectivity index (χ0v) is 15.4. The summed E-state index contributed by atoms with van der Waals surface area (Å²) in [5, 5.41) is 12.0. The summed E-state index contributed by atoms with van der Waals surface area (Å²) in [6.45, 7) is 5.76. The van der Waals surface area contributed by atoms with E-state index in [0.29, 0.717) is 17.9 Å². The molecule has 1 unspecified atom stereocenters. The van der Waals surface area contributed by atoms with Crippen molar-refractivity contribution in [3.63, 3.8) is 0 Å². The Morgan fingerprint density at radius 2 is 1.92 bits per heavy atom. The lowest BCUT2D eigenvalue weighted by molar-refractivity contribution is 0.0521. The molecule has 0 fully saturated rings. The number of aliphatic hydroxyl groups is 1. The van der Waals surface area contributed by atoms with Crippen molar-refractivity contribution in [2.75, 3.05) is 26.4 Å².